The molecule has 0 saturated heterocycles. The molecule has 3 heteroatoms. The predicted octanol–water partition coefficient (Wildman–Crippen LogP) is 2.51. The van der Waals surface area contributed by atoms with Crippen LogP contribution < -0.4 is 10.1 Å². The first kappa shape index (κ1) is 13.4. The molecular formula is C15H23NO2. The number of ether oxygens (including phenoxy) is 1. The Morgan fingerprint density at radius 2 is 1.94 bits per heavy atom. The van der Waals surface area contributed by atoms with Crippen molar-refractivity contribution in [2.45, 2.75) is 45.4 Å². The number of hydrogen-bond donors (Lipinski definition) is 2. The van der Waals surface area contributed by atoms with Gasteiger partial charge in [-0.05, 0) is 31.0 Å². The molecule has 0 radical (unpaired) electrons. The molecule has 2 unspecified atom stereocenters. The van der Waals surface area contributed by atoms with E-state index in [9.17, 15) is 5.11 Å². The van der Waals surface area contributed by atoms with Crippen LogP contribution in [0.4, 0.5) is 0 Å². The second kappa shape index (κ2) is 4.90. The van der Waals surface area contributed by atoms with E-state index < -0.39 is 0 Å². The number of rotatable bonds is 4. The molecule has 3 nitrogen and oxygen atoms in total. The highest BCUT2D eigenvalue weighted by Gasteiger charge is 2.47. The Morgan fingerprint density at radius 3 is 2.39 bits per heavy atom. The highest BCUT2D eigenvalue weighted by molar-refractivity contribution is 5.29. The molecule has 0 aromatic heterocycles. The van der Waals surface area contributed by atoms with Gasteiger partial charge in [0.05, 0.1) is 13.2 Å². The minimum atomic E-state index is -0.182. The summed E-state index contributed by atoms with van der Waals surface area (Å²) in [6, 6.07) is 8.79. The maximum atomic E-state index is 9.74. The topological polar surface area (TPSA) is 41.5 Å². The molecule has 3 atom stereocenters. The van der Waals surface area contributed by atoms with Crippen LogP contribution in [0, 0.1) is 5.41 Å². The van der Waals surface area contributed by atoms with E-state index >= 15 is 0 Å². The number of aliphatic hydroxyl groups is 1. The average molecular weight is 249 g/mol. The molecule has 1 aliphatic rings. The third-order valence-electron chi connectivity index (χ3n) is 4.28. The number of methoxy groups -OCH3 is 1. The predicted molar refractivity (Wildman–Crippen MR) is 72.7 cm³/mol. The van der Waals surface area contributed by atoms with Gasteiger partial charge < -0.3 is 15.2 Å². The van der Waals surface area contributed by atoms with Gasteiger partial charge in [-0.2, -0.15) is 0 Å². The van der Waals surface area contributed by atoms with E-state index in [0.29, 0.717) is 6.04 Å². The van der Waals surface area contributed by atoms with Crippen LogP contribution in [0.25, 0.3) is 0 Å². The molecule has 0 bridgehead atoms. The van der Waals surface area contributed by atoms with Crippen molar-refractivity contribution < 1.29 is 9.84 Å². The van der Waals surface area contributed by atoms with Gasteiger partial charge in [-0.1, -0.05) is 26.0 Å². The molecule has 1 aromatic carbocycles. The second-order valence-corrected chi connectivity index (χ2v) is 5.79. The summed E-state index contributed by atoms with van der Waals surface area (Å²) in [5.74, 6) is 0.880. The second-order valence-electron chi connectivity index (χ2n) is 5.79. The van der Waals surface area contributed by atoms with Crippen molar-refractivity contribution in [2.24, 2.45) is 5.41 Å². The SMILES string of the molecule is COc1ccc([C@H](C)NC2CC(O)C2(C)C)cc1. The van der Waals surface area contributed by atoms with Crippen LogP contribution in [0.2, 0.25) is 0 Å². The number of hydrogen-bond acceptors (Lipinski definition) is 3. The molecule has 1 fully saturated rings. The van der Waals surface area contributed by atoms with Crippen LogP contribution in [0.3, 0.4) is 0 Å². The maximum absolute atomic E-state index is 9.74. The van der Waals surface area contributed by atoms with Crippen LogP contribution >= 0.6 is 0 Å². The molecular weight excluding hydrogens is 226 g/mol. The molecule has 1 saturated carbocycles. The monoisotopic (exact) mass is 249 g/mol. The molecule has 1 aromatic rings. The van der Waals surface area contributed by atoms with Gasteiger partial charge in [0.15, 0.2) is 0 Å². The van der Waals surface area contributed by atoms with E-state index in [1.165, 1.54) is 5.56 Å². The lowest BCUT2D eigenvalue weighted by atomic mass is 9.64. The van der Waals surface area contributed by atoms with E-state index in [1.54, 1.807) is 7.11 Å². The molecule has 2 rings (SSSR count). The summed E-state index contributed by atoms with van der Waals surface area (Å²) in [6.07, 6.45) is 0.658. The largest absolute Gasteiger partial charge is 0.497 e. The van der Waals surface area contributed by atoms with Crippen LogP contribution in [-0.2, 0) is 0 Å². The lowest BCUT2D eigenvalue weighted by Gasteiger charge is -2.50. The summed E-state index contributed by atoms with van der Waals surface area (Å²) in [5.41, 5.74) is 1.22. The maximum Gasteiger partial charge on any atom is 0.118 e. The van der Waals surface area contributed by atoms with Crippen molar-refractivity contribution in [3.05, 3.63) is 29.8 Å². The Hall–Kier alpha value is -1.06. The van der Waals surface area contributed by atoms with Crippen LogP contribution in [0.5, 0.6) is 5.75 Å². The fraction of sp³-hybridized carbons (Fsp3) is 0.600. The van der Waals surface area contributed by atoms with Gasteiger partial charge >= 0.3 is 0 Å². The van der Waals surface area contributed by atoms with Gasteiger partial charge in [0, 0.05) is 17.5 Å². The number of nitrogens with one attached hydrogen (secondary N) is 1. The standard InChI is InChI=1S/C15H23NO2/c1-10(11-5-7-12(18-4)8-6-11)16-13-9-14(17)15(13,2)3/h5-8,10,13-14,16-17H,9H2,1-4H3/t10-,13?,14?/m0/s1. The molecule has 1 aliphatic carbocycles. The Kier molecular flexibility index (Phi) is 3.64. The normalized spacial score (nSPS) is 27.4. The quantitative estimate of drug-likeness (QED) is 0.861. The minimum Gasteiger partial charge on any atom is -0.497 e. The zero-order chi connectivity index (χ0) is 13.3. The van der Waals surface area contributed by atoms with Crippen LogP contribution in [0.15, 0.2) is 24.3 Å². The van der Waals surface area contributed by atoms with Crippen molar-refractivity contribution in [1.29, 1.82) is 0 Å². The van der Waals surface area contributed by atoms with Crippen molar-refractivity contribution in [3.8, 4) is 5.75 Å². The Labute approximate surface area is 109 Å². The van der Waals surface area contributed by atoms with E-state index in [4.69, 9.17) is 4.74 Å². The third kappa shape index (κ3) is 2.38. The Bertz CT molecular complexity index is 399. The van der Waals surface area contributed by atoms with E-state index in [2.05, 4.69) is 38.2 Å². The molecule has 100 valence electrons. The highest BCUT2D eigenvalue weighted by atomic mass is 16.5. The summed E-state index contributed by atoms with van der Waals surface area (Å²) < 4.78 is 5.16. The van der Waals surface area contributed by atoms with E-state index in [1.807, 2.05) is 12.1 Å². The smallest absolute Gasteiger partial charge is 0.118 e. The molecule has 2 N–H and O–H groups in total. The first-order valence-electron chi connectivity index (χ1n) is 6.53. The fourth-order valence-electron chi connectivity index (χ4n) is 2.48. The van der Waals surface area contributed by atoms with E-state index in [-0.39, 0.29) is 17.6 Å². The molecule has 0 amide bonds. The number of aliphatic hydroxyl groups excluding tert-OH is 1. The lowest BCUT2D eigenvalue weighted by Crippen LogP contribution is -2.60. The Balaban J connectivity index is 1.97. The van der Waals surface area contributed by atoms with Gasteiger partial charge in [-0.3, -0.25) is 0 Å². The van der Waals surface area contributed by atoms with Crippen LogP contribution in [-0.4, -0.2) is 24.4 Å². The van der Waals surface area contributed by atoms with Gasteiger partial charge in [0.1, 0.15) is 5.75 Å². The van der Waals surface area contributed by atoms with Gasteiger partial charge in [-0.15, -0.1) is 0 Å². The lowest BCUT2D eigenvalue weighted by molar-refractivity contribution is -0.0754. The Morgan fingerprint density at radius 1 is 1.33 bits per heavy atom. The van der Waals surface area contributed by atoms with Crippen molar-refractivity contribution in [3.63, 3.8) is 0 Å². The fourth-order valence-corrected chi connectivity index (χ4v) is 2.48. The zero-order valence-corrected chi connectivity index (χ0v) is 11.6. The molecule has 0 aliphatic heterocycles. The van der Waals surface area contributed by atoms with Crippen molar-refractivity contribution in [1.82, 2.24) is 5.32 Å². The first-order valence-corrected chi connectivity index (χ1v) is 6.53. The summed E-state index contributed by atoms with van der Waals surface area (Å²) in [4.78, 5) is 0. The molecule has 0 spiro atoms. The molecule has 0 heterocycles. The third-order valence-corrected chi connectivity index (χ3v) is 4.28. The summed E-state index contributed by atoms with van der Waals surface area (Å²) in [6.45, 7) is 6.38. The molecule has 18 heavy (non-hydrogen) atoms. The minimum absolute atomic E-state index is 0.0271. The first-order chi connectivity index (χ1) is 8.45. The van der Waals surface area contributed by atoms with Crippen molar-refractivity contribution in [2.75, 3.05) is 7.11 Å². The number of benzene rings is 1. The highest BCUT2D eigenvalue weighted by Crippen LogP contribution is 2.41. The summed E-state index contributed by atoms with van der Waals surface area (Å²) in [7, 11) is 1.68. The van der Waals surface area contributed by atoms with Gasteiger partial charge in [0.2, 0.25) is 0 Å². The van der Waals surface area contributed by atoms with Crippen LogP contribution in [0.1, 0.15) is 38.8 Å². The van der Waals surface area contributed by atoms with Gasteiger partial charge in [-0.25, -0.2) is 0 Å². The zero-order valence-electron chi connectivity index (χ0n) is 11.6. The summed E-state index contributed by atoms with van der Waals surface area (Å²) in [5, 5.41) is 13.3. The van der Waals surface area contributed by atoms with Crippen molar-refractivity contribution >= 4 is 0 Å². The average Bonchev–Trinajstić information content (AvgIpc) is 2.38. The van der Waals surface area contributed by atoms with E-state index in [0.717, 1.165) is 12.2 Å². The van der Waals surface area contributed by atoms with Gasteiger partial charge in [0.25, 0.3) is 0 Å². The summed E-state index contributed by atoms with van der Waals surface area (Å²) >= 11 is 0.